The minimum absolute atomic E-state index is 1.53. The number of nitro groups is 1. The van der Waals surface area contributed by atoms with Gasteiger partial charge in [-0.15, -0.1) is 0 Å². The fourth-order valence-electron chi connectivity index (χ4n) is 0.109. The van der Waals surface area contributed by atoms with Crippen LogP contribution in [0, 0.1) is 10.1 Å². The smallest absolute Gasteiger partial charge is 0.319 e. The molecule has 2 N–H and O–H groups in total. The van der Waals surface area contributed by atoms with E-state index in [0.29, 0.717) is 0 Å². The molecule has 54 valence electrons. The molecule has 0 radical (unpaired) electrons. The highest BCUT2D eigenvalue weighted by Gasteiger charge is 2.30. The molecule has 1 atom stereocenters. The van der Waals surface area contributed by atoms with Gasteiger partial charge >= 0.3 is 15.7 Å². The van der Waals surface area contributed by atoms with Crippen molar-refractivity contribution < 1.29 is 23.0 Å². The van der Waals surface area contributed by atoms with E-state index in [0.717, 1.165) is 0 Å². The molecule has 0 aliphatic rings. The van der Waals surface area contributed by atoms with E-state index in [1.54, 1.807) is 0 Å². The van der Waals surface area contributed by atoms with E-state index in [2.05, 4.69) is 0 Å². The molecule has 0 heterocycles. The maximum absolute atomic E-state index is 9.64. The van der Waals surface area contributed by atoms with Gasteiger partial charge in [-0.1, -0.05) is 0 Å². The summed E-state index contributed by atoms with van der Waals surface area (Å²) in [6, 6.07) is 0. The predicted molar refractivity (Wildman–Crippen MR) is 24.5 cm³/mol. The molecule has 0 amide bonds. The molecule has 0 fully saturated rings. The minimum atomic E-state index is -4.95. The second kappa shape index (κ2) is 2.25. The van der Waals surface area contributed by atoms with Gasteiger partial charge in [0.05, 0.1) is 4.92 Å². The fraction of sp³-hybridized carbons (Fsp3) is 1.00. The van der Waals surface area contributed by atoms with Gasteiger partial charge in [0.25, 0.3) is 0 Å². The molecular formula is CH3NO6S. The number of aliphatic hydroxyl groups excluding tert-OH is 1. The molecule has 0 rings (SSSR count). The molecule has 0 saturated carbocycles. The van der Waals surface area contributed by atoms with Crippen LogP contribution in [0.4, 0.5) is 0 Å². The van der Waals surface area contributed by atoms with Crippen LogP contribution in [0.5, 0.6) is 0 Å². The molecular weight excluding hydrogens is 154 g/mol. The monoisotopic (exact) mass is 157 g/mol. The third-order valence-corrected chi connectivity index (χ3v) is 1.15. The molecule has 1 unspecified atom stereocenters. The SMILES string of the molecule is O=[N+]([O-])C(O)S(=O)(=O)O. The average molecular weight is 157 g/mol. The van der Waals surface area contributed by atoms with Gasteiger partial charge in [0.15, 0.2) is 0 Å². The first-order chi connectivity index (χ1) is 3.85. The summed E-state index contributed by atoms with van der Waals surface area (Å²) in [5.74, 6) is 0. The molecule has 0 aliphatic heterocycles. The molecule has 0 aromatic rings. The van der Waals surface area contributed by atoms with Crippen LogP contribution in [0.1, 0.15) is 0 Å². The van der Waals surface area contributed by atoms with E-state index in [4.69, 9.17) is 9.66 Å². The third-order valence-electron chi connectivity index (χ3n) is 0.447. The van der Waals surface area contributed by atoms with Gasteiger partial charge < -0.3 is 5.11 Å². The first kappa shape index (κ1) is 8.27. The van der Waals surface area contributed by atoms with Crippen LogP contribution in [-0.2, 0) is 10.1 Å². The summed E-state index contributed by atoms with van der Waals surface area (Å²) in [6.07, 6.45) is 0. The Bertz CT molecular complexity index is 203. The summed E-state index contributed by atoms with van der Waals surface area (Å²) in [5, 5.41) is 17.3. The van der Waals surface area contributed by atoms with Gasteiger partial charge in [0.1, 0.15) is 0 Å². The lowest BCUT2D eigenvalue weighted by molar-refractivity contribution is -0.542. The van der Waals surface area contributed by atoms with Crippen LogP contribution >= 0.6 is 0 Å². The molecule has 0 spiro atoms. The summed E-state index contributed by atoms with van der Waals surface area (Å²) in [6.45, 7) is 0. The molecule has 0 aromatic heterocycles. The normalized spacial score (nSPS) is 14.9. The average Bonchev–Trinajstić information content (AvgIpc) is 1.62. The molecule has 8 heteroatoms. The van der Waals surface area contributed by atoms with Crippen molar-refractivity contribution in [1.29, 1.82) is 0 Å². The lowest BCUT2D eigenvalue weighted by Gasteiger charge is -1.94. The highest BCUT2D eigenvalue weighted by molar-refractivity contribution is 7.86. The maximum atomic E-state index is 9.64. The quantitative estimate of drug-likeness (QED) is 0.216. The Hall–Kier alpha value is -0.730. The van der Waals surface area contributed by atoms with Crippen LogP contribution in [-0.4, -0.2) is 28.6 Å². The molecule has 0 aliphatic carbocycles. The fourth-order valence-corrected chi connectivity index (χ4v) is 0.326. The van der Waals surface area contributed by atoms with Crippen molar-refractivity contribution in [3.05, 3.63) is 10.1 Å². The summed E-state index contributed by atoms with van der Waals surface area (Å²) >= 11 is 0. The van der Waals surface area contributed by atoms with Gasteiger partial charge in [-0.25, -0.2) is 0 Å². The molecule has 7 nitrogen and oxygen atoms in total. The molecule has 9 heavy (non-hydrogen) atoms. The third kappa shape index (κ3) is 2.35. The van der Waals surface area contributed by atoms with Crippen molar-refractivity contribution in [3.63, 3.8) is 0 Å². The summed E-state index contributed by atoms with van der Waals surface area (Å²) in [7, 11) is -4.95. The Morgan fingerprint density at radius 1 is 1.56 bits per heavy atom. The molecule has 0 saturated heterocycles. The first-order valence-corrected chi connectivity index (χ1v) is 3.14. The maximum Gasteiger partial charge on any atom is 0.438 e. The minimum Gasteiger partial charge on any atom is -0.319 e. The van der Waals surface area contributed by atoms with E-state index in [-0.39, 0.29) is 0 Å². The number of hydrogen-bond acceptors (Lipinski definition) is 5. The van der Waals surface area contributed by atoms with E-state index in [1.165, 1.54) is 0 Å². The second-order valence-corrected chi connectivity index (χ2v) is 2.58. The lowest BCUT2D eigenvalue weighted by atomic mass is 11.3. The number of rotatable bonds is 2. The van der Waals surface area contributed by atoms with Crippen molar-refractivity contribution in [2.75, 3.05) is 0 Å². The van der Waals surface area contributed by atoms with Crippen LogP contribution in [0.25, 0.3) is 0 Å². The zero-order valence-electron chi connectivity index (χ0n) is 3.96. The van der Waals surface area contributed by atoms with Crippen LogP contribution in [0.2, 0.25) is 0 Å². The van der Waals surface area contributed by atoms with Crippen molar-refractivity contribution in [1.82, 2.24) is 0 Å². The van der Waals surface area contributed by atoms with Crippen LogP contribution in [0.15, 0.2) is 0 Å². The number of nitrogens with zero attached hydrogens (tertiary/aromatic N) is 1. The second-order valence-electron chi connectivity index (χ2n) is 1.13. The van der Waals surface area contributed by atoms with E-state index < -0.39 is 20.6 Å². The Balaban J connectivity index is 4.43. The molecule has 0 bridgehead atoms. The largest absolute Gasteiger partial charge is 0.438 e. The Morgan fingerprint density at radius 3 is 1.89 bits per heavy atom. The topological polar surface area (TPSA) is 118 Å². The lowest BCUT2D eigenvalue weighted by Crippen LogP contribution is -2.28. The van der Waals surface area contributed by atoms with E-state index in [9.17, 15) is 18.5 Å². The standard InChI is InChI=1S/CH3NO6S/c3-1(2(4)5)9(6,7)8/h1,3H,(H,6,7,8). The Labute approximate surface area is 49.8 Å². The first-order valence-electron chi connectivity index (χ1n) is 1.63. The van der Waals surface area contributed by atoms with Gasteiger partial charge in [-0.05, 0) is 0 Å². The highest BCUT2D eigenvalue weighted by Crippen LogP contribution is 1.92. The summed E-state index contributed by atoms with van der Waals surface area (Å²) in [4.78, 5) is 7.83. The van der Waals surface area contributed by atoms with Crippen molar-refractivity contribution in [2.45, 2.75) is 5.56 Å². The van der Waals surface area contributed by atoms with Crippen molar-refractivity contribution >= 4 is 10.1 Å². The highest BCUT2D eigenvalue weighted by atomic mass is 32.2. The Kier molecular flexibility index (Phi) is 2.07. The van der Waals surface area contributed by atoms with Gasteiger partial charge in [-0.2, -0.15) is 8.42 Å². The number of aliphatic hydroxyl groups is 1. The summed E-state index contributed by atoms with van der Waals surface area (Å²) in [5.41, 5.74) is -2.93. The number of hydrogen-bond donors (Lipinski definition) is 2. The van der Waals surface area contributed by atoms with Gasteiger partial charge in [0, 0.05) is 0 Å². The zero-order valence-corrected chi connectivity index (χ0v) is 4.78. The van der Waals surface area contributed by atoms with Crippen LogP contribution < -0.4 is 0 Å². The van der Waals surface area contributed by atoms with Gasteiger partial charge in [0.2, 0.25) is 0 Å². The van der Waals surface area contributed by atoms with E-state index in [1.807, 2.05) is 0 Å². The van der Waals surface area contributed by atoms with E-state index >= 15 is 0 Å². The van der Waals surface area contributed by atoms with Gasteiger partial charge in [-0.3, -0.25) is 14.7 Å². The Morgan fingerprint density at radius 2 is 1.89 bits per heavy atom. The predicted octanol–water partition coefficient (Wildman–Crippen LogP) is -1.57. The summed E-state index contributed by atoms with van der Waals surface area (Å²) < 4.78 is 27.0. The van der Waals surface area contributed by atoms with Crippen molar-refractivity contribution in [3.8, 4) is 0 Å². The van der Waals surface area contributed by atoms with Crippen LogP contribution in [0.3, 0.4) is 0 Å². The zero-order chi connectivity index (χ0) is 7.65. The molecule has 0 aromatic carbocycles. The van der Waals surface area contributed by atoms with Crippen molar-refractivity contribution in [2.24, 2.45) is 0 Å².